The summed E-state index contributed by atoms with van der Waals surface area (Å²) >= 11 is 2.79. The van der Waals surface area contributed by atoms with Crippen molar-refractivity contribution >= 4 is 39.8 Å². The van der Waals surface area contributed by atoms with Crippen LogP contribution in [0.1, 0.15) is 16.9 Å². The summed E-state index contributed by atoms with van der Waals surface area (Å²) in [6.45, 7) is 4.57. The van der Waals surface area contributed by atoms with Gasteiger partial charge in [0.25, 0.3) is 0 Å². The normalized spacial score (nSPS) is 10.6. The molecule has 0 spiro atoms. The van der Waals surface area contributed by atoms with Gasteiger partial charge in [0.2, 0.25) is 11.0 Å². The lowest BCUT2D eigenvalue weighted by Crippen LogP contribution is -2.14. The Labute approximate surface area is 154 Å². The van der Waals surface area contributed by atoms with E-state index in [1.165, 1.54) is 23.1 Å². The maximum Gasteiger partial charge on any atom is 0.234 e. The van der Waals surface area contributed by atoms with E-state index in [4.69, 9.17) is 4.42 Å². The van der Waals surface area contributed by atoms with Crippen molar-refractivity contribution in [1.29, 1.82) is 0 Å². The van der Waals surface area contributed by atoms with Crippen LogP contribution in [0.15, 0.2) is 45.4 Å². The molecule has 0 saturated carbocycles. The molecule has 1 amide bonds. The number of carbonyl (C=O) groups excluding carboxylic acids is 1. The summed E-state index contributed by atoms with van der Waals surface area (Å²) in [6, 6.07) is 9.71. The van der Waals surface area contributed by atoms with Crippen LogP contribution in [0.4, 0.5) is 10.8 Å². The lowest BCUT2D eigenvalue weighted by molar-refractivity contribution is -0.113. The molecule has 0 saturated heterocycles. The van der Waals surface area contributed by atoms with E-state index >= 15 is 0 Å². The fraction of sp³-hybridized carbons (Fsp3) is 0.235. The monoisotopic (exact) mass is 374 g/mol. The summed E-state index contributed by atoms with van der Waals surface area (Å²) in [5.41, 5.74) is 3.07. The van der Waals surface area contributed by atoms with Gasteiger partial charge in [-0.25, -0.2) is 0 Å². The van der Waals surface area contributed by atoms with Gasteiger partial charge in [-0.1, -0.05) is 29.2 Å². The lowest BCUT2D eigenvalue weighted by Gasteiger charge is -2.06. The second kappa shape index (κ2) is 8.17. The number of amides is 1. The van der Waals surface area contributed by atoms with E-state index in [9.17, 15) is 4.79 Å². The third-order valence-corrected chi connectivity index (χ3v) is 5.25. The Hall–Kier alpha value is -2.32. The fourth-order valence-electron chi connectivity index (χ4n) is 2.29. The summed E-state index contributed by atoms with van der Waals surface area (Å²) in [7, 11) is 0. The molecule has 1 aromatic carbocycles. The number of carbonyl (C=O) groups is 1. The molecule has 0 aliphatic carbocycles. The van der Waals surface area contributed by atoms with Crippen molar-refractivity contribution in [2.75, 3.05) is 16.4 Å². The zero-order valence-corrected chi connectivity index (χ0v) is 15.5. The molecule has 2 N–H and O–H groups in total. The molecule has 6 nitrogen and oxygen atoms in total. The van der Waals surface area contributed by atoms with Crippen LogP contribution in [0.2, 0.25) is 0 Å². The molecule has 3 aromatic rings. The fourth-order valence-corrected chi connectivity index (χ4v) is 3.83. The second-order valence-electron chi connectivity index (χ2n) is 5.52. The quantitative estimate of drug-likeness (QED) is 0.606. The molecule has 0 aliphatic rings. The highest BCUT2D eigenvalue weighted by atomic mass is 32.2. The number of rotatable bonds is 7. The second-order valence-corrected chi connectivity index (χ2v) is 7.72. The third-order valence-electron chi connectivity index (χ3n) is 3.23. The number of aryl methyl sites for hydroxylation is 2. The Balaban J connectivity index is 1.47. The summed E-state index contributed by atoms with van der Waals surface area (Å²) < 4.78 is 6.00. The van der Waals surface area contributed by atoms with Crippen molar-refractivity contribution in [2.45, 2.75) is 24.7 Å². The van der Waals surface area contributed by atoms with Gasteiger partial charge in [-0.2, -0.15) is 0 Å². The van der Waals surface area contributed by atoms with Crippen LogP contribution in [-0.4, -0.2) is 21.9 Å². The van der Waals surface area contributed by atoms with Crippen molar-refractivity contribution in [3.05, 3.63) is 53.5 Å². The SMILES string of the molecule is Cc1cc(C)cc(NC(=O)CSc2nnc(NCc3ccco3)s2)c1. The maximum atomic E-state index is 12.1. The number of hydrogen-bond acceptors (Lipinski definition) is 7. The smallest absolute Gasteiger partial charge is 0.234 e. The lowest BCUT2D eigenvalue weighted by atomic mass is 10.1. The number of anilines is 2. The van der Waals surface area contributed by atoms with Gasteiger partial charge in [0, 0.05) is 5.69 Å². The van der Waals surface area contributed by atoms with Gasteiger partial charge in [-0.05, 0) is 49.2 Å². The van der Waals surface area contributed by atoms with Crippen molar-refractivity contribution < 1.29 is 9.21 Å². The highest BCUT2D eigenvalue weighted by Gasteiger charge is 2.09. The minimum atomic E-state index is -0.0599. The minimum absolute atomic E-state index is 0.0599. The summed E-state index contributed by atoms with van der Waals surface area (Å²) in [5.74, 6) is 1.06. The molecule has 0 radical (unpaired) electrons. The minimum Gasteiger partial charge on any atom is -0.467 e. The van der Waals surface area contributed by atoms with Gasteiger partial charge in [0.05, 0.1) is 18.6 Å². The first-order valence-corrected chi connectivity index (χ1v) is 9.49. The van der Waals surface area contributed by atoms with Crippen LogP contribution in [-0.2, 0) is 11.3 Å². The molecule has 0 fully saturated rings. The van der Waals surface area contributed by atoms with Crippen molar-refractivity contribution in [2.24, 2.45) is 0 Å². The van der Waals surface area contributed by atoms with Crippen LogP contribution in [0.25, 0.3) is 0 Å². The van der Waals surface area contributed by atoms with E-state index in [0.29, 0.717) is 17.4 Å². The summed E-state index contributed by atoms with van der Waals surface area (Å²) in [4.78, 5) is 12.1. The van der Waals surface area contributed by atoms with Gasteiger partial charge >= 0.3 is 0 Å². The molecule has 0 atom stereocenters. The average Bonchev–Trinajstić information content (AvgIpc) is 3.21. The number of aromatic nitrogens is 2. The first-order chi connectivity index (χ1) is 12.1. The molecule has 0 unspecified atom stereocenters. The van der Waals surface area contributed by atoms with Crippen molar-refractivity contribution in [1.82, 2.24) is 10.2 Å². The molecule has 0 bridgehead atoms. The number of furan rings is 1. The maximum absolute atomic E-state index is 12.1. The average molecular weight is 374 g/mol. The van der Waals surface area contributed by atoms with E-state index in [-0.39, 0.29) is 5.91 Å². The number of nitrogens with zero attached hydrogens (tertiary/aromatic N) is 2. The molecular weight excluding hydrogens is 356 g/mol. The van der Waals surface area contributed by atoms with Crippen LogP contribution in [0, 0.1) is 13.8 Å². The zero-order valence-electron chi connectivity index (χ0n) is 13.9. The molecule has 8 heteroatoms. The first kappa shape index (κ1) is 17.5. The van der Waals surface area contributed by atoms with Gasteiger partial charge in [0.15, 0.2) is 4.34 Å². The van der Waals surface area contributed by atoms with E-state index < -0.39 is 0 Å². The van der Waals surface area contributed by atoms with Crippen molar-refractivity contribution in [3.63, 3.8) is 0 Å². The molecule has 25 heavy (non-hydrogen) atoms. The number of hydrogen-bond donors (Lipinski definition) is 2. The Morgan fingerprint density at radius 1 is 1.24 bits per heavy atom. The molecule has 0 aliphatic heterocycles. The van der Waals surface area contributed by atoms with Crippen LogP contribution >= 0.6 is 23.1 Å². The topological polar surface area (TPSA) is 80.0 Å². The Morgan fingerprint density at radius 3 is 2.76 bits per heavy atom. The Kier molecular flexibility index (Phi) is 5.72. The zero-order chi connectivity index (χ0) is 17.6. The molecule has 2 heterocycles. The molecular formula is C17H18N4O2S2. The van der Waals surface area contributed by atoms with Gasteiger partial charge < -0.3 is 15.1 Å². The van der Waals surface area contributed by atoms with Gasteiger partial charge in [-0.3, -0.25) is 4.79 Å². The first-order valence-electron chi connectivity index (χ1n) is 7.69. The predicted molar refractivity (Wildman–Crippen MR) is 101 cm³/mol. The standard InChI is InChI=1S/C17H18N4O2S2/c1-11-6-12(2)8-13(7-11)19-15(22)10-24-17-21-20-16(25-17)18-9-14-4-3-5-23-14/h3-8H,9-10H2,1-2H3,(H,18,20)(H,19,22). The van der Waals surface area contributed by atoms with Crippen LogP contribution in [0.3, 0.4) is 0 Å². The Morgan fingerprint density at radius 2 is 2.04 bits per heavy atom. The van der Waals surface area contributed by atoms with Crippen LogP contribution in [0.5, 0.6) is 0 Å². The number of benzene rings is 1. The van der Waals surface area contributed by atoms with Crippen LogP contribution < -0.4 is 10.6 Å². The van der Waals surface area contributed by atoms with Gasteiger partial charge in [-0.15, -0.1) is 10.2 Å². The van der Waals surface area contributed by atoms with E-state index in [1.807, 2.05) is 38.1 Å². The predicted octanol–water partition coefficient (Wildman–Crippen LogP) is 4.09. The van der Waals surface area contributed by atoms with Crippen molar-refractivity contribution in [3.8, 4) is 0 Å². The molecule has 130 valence electrons. The van der Waals surface area contributed by atoms with E-state index in [1.54, 1.807) is 6.26 Å². The number of nitrogens with one attached hydrogen (secondary N) is 2. The highest BCUT2D eigenvalue weighted by molar-refractivity contribution is 8.01. The largest absolute Gasteiger partial charge is 0.467 e. The Bertz CT molecular complexity index is 826. The molecule has 2 aromatic heterocycles. The third kappa shape index (κ3) is 5.33. The summed E-state index contributed by atoms with van der Waals surface area (Å²) in [5, 5.41) is 14.9. The highest BCUT2D eigenvalue weighted by Crippen LogP contribution is 2.26. The molecule has 3 rings (SSSR count). The van der Waals surface area contributed by atoms with E-state index in [2.05, 4.69) is 26.9 Å². The summed E-state index contributed by atoms with van der Waals surface area (Å²) in [6.07, 6.45) is 1.63. The van der Waals surface area contributed by atoms with Gasteiger partial charge in [0.1, 0.15) is 5.76 Å². The number of thioether (sulfide) groups is 1. The van der Waals surface area contributed by atoms with E-state index in [0.717, 1.165) is 26.9 Å².